The van der Waals surface area contributed by atoms with E-state index in [-0.39, 0.29) is 37.7 Å². The van der Waals surface area contributed by atoms with Crippen molar-refractivity contribution in [2.24, 2.45) is 17.8 Å². The summed E-state index contributed by atoms with van der Waals surface area (Å²) in [6.07, 6.45) is 0.627. The molecule has 2 aliphatic heterocycles. The molecule has 10 atom stereocenters. The summed E-state index contributed by atoms with van der Waals surface area (Å²) in [4.78, 5) is 140. The monoisotopic (exact) mass is 1130 g/mol. The Hall–Kier alpha value is -5.52. The van der Waals surface area contributed by atoms with Crippen molar-refractivity contribution in [3.8, 4) is 0 Å². The number of hydrogen-bond donors (Lipinski definition) is 4. The highest BCUT2D eigenvalue weighted by atomic mass is 32.2. The number of likely N-dealkylation sites (N-methyl/N-ethyl adjacent to an activating group) is 6. The number of carbonyl (C=O) groups excluding carboxylic acids is 9. The van der Waals surface area contributed by atoms with Crippen molar-refractivity contribution in [2.75, 3.05) is 80.0 Å². The van der Waals surface area contributed by atoms with E-state index in [2.05, 4.69) is 10.6 Å². The lowest BCUT2D eigenvalue weighted by Crippen LogP contribution is -2.68. The number of ether oxygens (including phenoxy) is 1. The van der Waals surface area contributed by atoms with Gasteiger partial charge in [0.25, 0.3) is 5.91 Å². The number of rotatable bonds is 12. The highest BCUT2D eigenvalue weighted by Crippen LogP contribution is 2.24. The second-order valence-electron chi connectivity index (χ2n) is 23.4. The summed E-state index contributed by atoms with van der Waals surface area (Å²) < 4.78 is 20.5. The number of nitrogens with zero attached hydrogens (tertiary/aromatic N) is 7. The van der Waals surface area contributed by atoms with Crippen LogP contribution in [0.15, 0.2) is 30.3 Å². The normalized spacial score (nSPS) is 27.1. The lowest BCUT2D eigenvalue weighted by atomic mass is 9.95. The average Bonchev–Trinajstić information content (AvgIpc) is 3.39. The van der Waals surface area contributed by atoms with Crippen LogP contribution in [0, 0.1) is 17.8 Å². The van der Waals surface area contributed by atoms with Crippen LogP contribution in [0.25, 0.3) is 0 Å². The van der Waals surface area contributed by atoms with Gasteiger partial charge in [-0.1, -0.05) is 78.3 Å². The van der Waals surface area contributed by atoms with E-state index in [9.17, 15) is 52.8 Å². The predicted molar refractivity (Wildman–Crippen MR) is 300 cm³/mol. The number of likely N-dealkylation sites (tertiary alicyclic amines) is 1. The molecule has 0 radical (unpaired) electrons. The van der Waals surface area contributed by atoms with Gasteiger partial charge >= 0.3 is 0 Å². The average molecular weight is 1130 g/mol. The molecule has 0 aromatic heterocycles. The lowest BCUT2D eigenvalue weighted by molar-refractivity contribution is -0.174. The van der Waals surface area contributed by atoms with Crippen LogP contribution in [0.1, 0.15) is 113 Å². The Morgan fingerprint density at radius 1 is 0.722 bits per heavy atom. The molecule has 4 N–H and O–H groups in total. The third kappa shape index (κ3) is 18.5. The molecule has 79 heavy (non-hydrogen) atoms. The topological polar surface area (TPSA) is 267 Å². The van der Waals surface area contributed by atoms with Gasteiger partial charge in [0.05, 0.1) is 24.5 Å². The number of aliphatic hydroxyl groups is 2. The molecular formula is C56H93N9O13S. The molecule has 1 unspecified atom stereocenters. The number of hydrogen-bond acceptors (Lipinski definition) is 13. The molecule has 0 aliphatic carbocycles. The van der Waals surface area contributed by atoms with Crippen LogP contribution in [-0.2, 0) is 65.1 Å². The largest absolute Gasteiger partial charge is 0.388 e. The van der Waals surface area contributed by atoms with E-state index < -0.39 is 142 Å². The highest BCUT2D eigenvalue weighted by molar-refractivity contribution is 7.85. The fraction of sp³-hybridized carbons (Fsp3) is 0.732. The molecule has 9 amide bonds. The maximum atomic E-state index is 15.1. The van der Waals surface area contributed by atoms with Crippen LogP contribution >= 0.6 is 0 Å². The summed E-state index contributed by atoms with van der Waals surface area (Å²) in [5, 5.41) is 28.1. The quantitative estimate of drug-likeness (QED) is 0.230. The van der Waals surface area contributed by atoms with Crippen molar-refractivity contribution >= 4 is 64.0 Å². The fourth-order valence-electron chi connectivity index (χ4n) is 9.74. The zero-order valence-corrected chi connectivity index (χ0v) is 50.6. The molecule has 0 spiro atoms. The van der Waals surface area contributed by atoms with Crippen LogP contribution in [-0.4, -0.2) is 236 Å². The Morgan fingerprint density at radius 3 is 1.77 bits per heavy atom. The summed E-state index contributed by atoms with van der Waals surface area (Å²) in [7, 11) is 5.82. The SMILES string of the molecule is CC[C@H](C)[C@H]1C(=O)N[C@H](C(=O)N2CCCCC2)CS(=O)CC(=O)N(C)[C@@H](Cc2ccccc2)C(=O)N(C)[C@@H](CC(C)C)C(=O)N[C@@](O)([C@@H](C)O)C(=O)N(C)CC(=O)N(C)[C@@H](CC(C)C)C(=O)N(C)[C@@H](COC(C)(C)C)C(=O)N1C. The van der Waals surface area contributed by atoms with Gasteiger partial charge in [-0.25, -0.2) is 0 Å². The van der Waals surface area contributed by atoms with Crippen molar-refractivity contribution in [1.29, 1.82) is 0 Å². The maximum absolute atomic E-state index is 15.1. The number of aliphatic hydroxyl groups excluding tert-OH is 1. The molecule has 2 fully saturated rings. The van der Waals surface area contributed by atoms with Gasteiger partial charge in [-0.2, -0.15) is 0 Å². The zero-order chi connectivity index (χ0) is 60.0. The smallest absolute Gasteiger partial charge is 0.278 e. The third-order valence-corrected chi connectivity index (χ3v) is 16.2. The second-order valence-corrected chi connectivity index (χ2v) is 24.9. The van der Waals surface area contributed by atoms with E-state index in [4.69, 9.17) is 4.74 Å². The molecule has 3 rings (SSSR count). The molecule has 0 bridgehead atoms. The van der Waals surface area contributed by atoms with Gasteiger partial charge < -0.3 is 59.9 Å². The Kier molecular flexibility index (Phi) is 25.6. The molecule has 1 aromatic carbocycles. The minimum absolute atomic E-state index is 0.0304. The summed E-state index contributed by atoms with van der Waals surface area (Å²) in [6, 6.07) is 0.670. The van der Waals surface area contributed by atoms with E-state index in [1.54, 1.807) is 76.8 Å². The van der Waals surface area contributed by atoms with Crippen LogP contribution in [0.5, 0.6) is 0 Å². The predicted octanol–water partition coefficient (Wildman–Crippen LogP) is 1.22. The molecule has 1 aromatic rings. The number of amides is 9. The van der Waals surface area contributed by atoms with E-state index in [0.29, 0.717) is 37.9 Å². The van der Waals surface area contributed by atoms with Gasteiger partial charge in [-0.3, -0.25) is 47.4 Å². The minimum atomic E-state index is -3.07. The fourth-order valence-corrected chi connectivity index (χ4v) is 10.9. The summed E-state index contributed by atoms with van der Waals surface area (Å²) in [6.45, 7) is 16.8. The van der Waals surface area contributed by atoms with Gasteiger partial charge in [0.1, 0.15) is 48.1 Å². The first-order chi connectivity index (χ1) is 36.7. The maximum Gasteiger partial charge on any atom is 0.278 e. The zero-order valence-electron chi connectivity index (χ0n) is 49.8. The first-order valence-corrected chi connectivity index (χ1v) is 29.1. The molecule has 2 aliphatic rings. The first-order valence-electron chi connectivity index (χ1n) is 27.6. The minimum Gasteiger partial charge on any atom is -0.388 e. The van der Waals surface area contributed by atoms with Gasteiger partial charge in [0, 0.05) is 72.6 Å². The van der Waals surface area contributed by atoms with Crippen molar-refractivity contribution in [1.82, 2.24) is 44.9 Å². The van der Waals surface area contributed by atoms with Crippen LogP contribution in [0.2, 0.25) is 0 Å². The van der Waals surface area contributed by atoms with Crippen LogP contribution < -0.4 is 10.6 Å². The number of benzene rings is 1. The summed E-state index contributed by atoms with van der Waals surface area (Å²) in [5.74, 6) is -9.56. The second kappa shape index (κ2) is 29.8. The van der Waals surface area contributed by atoms with Crippen LogP contribution in [0.3, 0.4) is 0 Å². The Bertz CT molecular complexity index is 2310. The standard InChI is InChI=1S/C56H93N9O13S/c1-17-37(6)47-49(70)57-40(50(71)65-26-22-19-23-27-65)33-79(77)34-46(68)61(13)43(30-39-24-20-18-21-25-39)52(73)62(14)41(28-35(2)3)48(69)58-56(76,38(7)66)54(75)59(11)31-45(67)60(12)42(29-36(4)5)51(72)63(15)44(53(74)64(47)16)32-78-55(8,9)10/h18,20-21,24-25,35-38,40-44,47,66,76H,17,19,22-23,26-34H2,1-16H3,(H,57,70)(H,58,69)/t37-,38+,40-,41-,42-,43-,44-,47-,56+,79?/m0/s1. The van der Waals surface area contributed by atoms with E-state index in [0.717, 1.165) is 44.9 Å². The van der Waals surface area contributed by atoms with Crippen molar-refractivity contribution in [3.05, 3.63) is 35.9 Å². The molecule has 446 valence electrons. The third-order valence-electron chi connectivity index (χ3n) is 14.9. The molecule has 2 heterocycles. The molecular weight excluding hydrogens is 1040 g/mol. The van der Waals surface area contributed by atoms with Crippen molar-refractivity contribution in [3.63, 3.8) is 0 Å². The molecule has 22 nitrogen and oxygen atoms in total. The Balaban J connectivity index is 2.35. The number of carbonyl (C=O) groups is 9. The van der Waals surface area contributed by atoms with E-state index in [1.807, 2.05) is 20.8 Å². The highest BCUT2D eigenvalue weighted by Gasteiger charge is 2.48. The number of nitrogens with one attached hydrogen (secondary N) is 2. The van der Waals surface area contributed by atoms with Crippen molar-refractivity contribution < 1.29 is 62.3 Å². The van der Waals surface area contributed by atoms with Crippen LogP contribution in [0.4, 0.5) is 0 Å². The van der Waals surface area contributed by atoms with Gasteiger partial charge in [-0.05, 0) is 83.1 Å². The van der Waals surface area contributed by atoms with Gasteiger partial charge in [0.15, 0.2) is 0 Å². The van der Waals surface area contributed by atoms with E-state index >= 15 is 4.79 Å². The van der Waals surface area contributed by atoms with Crippen molar-refractivity contribution in [2.45, 2.75) is 168 Å². The Morgan fingerprint density at radius 2 is 1.24 bits per heavy atom. The molecule has 0 saturated carbocycles. The summed E-state index contributed by atoms with van der Waals surface area (Å²) >= 11 is 0. The summed E-state index contributed by atoms with van der Waals surface area (Å²) in [5.41, 5.74) is -3.26. The Labute approximate surface area is 471 Å². The number of piperidine rings is 1. The molecule has 2 saturated heterocycles. The van der Waals surface area contributed by atoms with Gasteiger partial charge in [0.2, 0.25) is 53.0 Å². The van der Waals surface area contributed by atoms with E-state index in [1.165, 1.54) is 40.1 Å². The lowest BCUT2D eigenvalue weighted by Gasteiger charge is -2.40. The molecule has 23 heteroatoms. The first kappa shape index (κ1) is 67.8. The van der Waals surface area contributed by atoms with Gasteiger partial charge in [-0.15, -0.1) is 0 Å².